The van der Waals surface area contributed by atoms with E-state index < -0.39 is 0 Å². The summed E-state index contributed by atoms with van der Waals surface area (Å²) in [5.74, 6) is 1.99. The van der Waals surface area contributed by atoms with Crippen molar-refractivity contribution in [1.82, 2.24) is 19.5 Å². The topological polar surface area (TPSA) is 43.6 Å². The fraction of sp³-hybridized carbons (Fsp3) is 0.0714. The van der Waals surface area contributed by atoms with Gasteiger partial charge in [0.2, 0.25) is 0 Å². The van der Waals surface area contributed by atoms with E-state index >= 15 is 0 Å². The first-order valence-electron chi connectivity index (χ1n) is 15.7. The van der Waals surface area contributed by atoms with Crippen molar-refractivity contribution in [2.75, 3.05) is 0 Å². The van der Waals surface area contributed by atoms with Crippen LogP contribution in [0.15, 0.2) is 146 Å². The lowest BCUT2D eigenvalue weighted by molar-refractivity contribution is 0.630. The minimum absolute atomic E-state index is 0.151. The number of benzene rings is 6. The molecule has 0 atom stereocenters. The summed E-state index contributed by atoms with van der Waals surface area (Å²) in [5.41, 5.74) is 11.6. The smallest absolute Gasteiger partial charge is 0.164 e. The summed E-state index contributed by atoms with van der Waals surface area (Å²) in [5, 5.41) is 2.56. The van der Waals surface area contributed by atoms with E-state index in [0.717, 1.165) is 22.3 Å². The predicted molar refractivity (Wildman–Crippen MR) is 188 cm³/mol. The van der Waals surface area contributed by atoms with E-state index in [-0.39, 0.29) is 5.41 Å². The largest absolute Gasteiger partial charge is 0.309 e. The Morgan fingerprint density at radius 1 is 0.435 bits per heavy atom. The molecule has 0 amide bonds. The van der Waals surface area contributed by atoms with Crippen LogP contribution in [0.25, 0.3) is 72.8 Å². The standard InChI is InChI=1S/C42H30N4/c1-42(2)34-18-10-12-20-37(34)46-36-19-11-9-17-32(36)33-25-31(26-35(42)38(33)46)27-21-23-30(24-22-27)41-44-39(28-13-5-3-6-14-28)43-40(45-41)29-15-7-4-8-16-29/h3-26H,1-2H3. The zero-order chi connectivity index (χ0) is 30.8. The molecule has 9 rings (SSSR count). The zero-order valence-corrected chi connectivity index (χ0v) is 25.6. The maximum absolute atomic E-state index is 4.93. The molecule has 4 nitrogen and oxygen atoms in total. The normalized spacial score (nSPS) is 13.2. The van der Waals surface area contributed by atoms with E-state index in [1.807, 2.05) is 60.7 Å². The van der Waals surface area contributed by atoms with Gasteiger partial charge in [-0.25, -0.2) is 15.0 Å². The van der Waals surface area contributed by atoms with Crippen LogP contribution >= 0.6 is 0 Å². The molecule has 3 heterocycles. The van der Waals surface area contributed by atoms with Crippen LogP contribution in [0.2, 0.25) is 0 Å². The summed E-state index contributed by atoms with van der Waals surface area (Å²) in [4.78, 5) is 14.7. The second-order valence-electron chi connectivity index (χ2n) is 12.5. The SMILES string of the molecule is CC1(C)c2ccccc2-n2c3ccccc3c3cc(-c4ccc(-c5nc(-c6ccccc6)nc(-c6ccccc6)n5)cc4)cc1c32. The molecule has 46 heavy (non-hydrogen) atoms. The number of rotatable bonds is 4. The Hall–Kier alpha value is -5.87. The van der Waals surface area contributed by atoms with Crippen LogP contribution in [0.1, 0.15) is 25.0 Å². The summed E-state index contributed by atoms with van der Waals surface area (Å²) < 4.78 is 2.46. The lowest BCUT2D eigenvalue weighted by Gasteiger charge is -2.35. The number of para-hydroxylation sites is 2. The molecule has 0 fully saturated rings. The molecular formula is C42H30N4. The van der Waals surface area contributed by atoms with Crippen molar-refractivity contribution in [3.8, 4) is 51.0 Å². The second-order valence-corrected chi connectivity index (χ2v) is 12.5. The Balaban J connectivity index is 1.20. The minimum atomic E-state index is -0.151. The highest BCUT2D eigenvalue weighted by atomic mass is 15.0. The summed E-state index contributed by atoms with van der Waals surface area (Å²) in [7, 11) is 0. The third-order valence-corrected chi connectivity index (χ3v) is 9.44. The van der Waals surface area contributed by atoms with Crippen LogP contribution in [0.3, 0.4) is 0 Å². The van der Waals surface area contributed by atoms with Gasteiger partial charge in [0.15, 0.2) is 17.5 Å². The van der Waals surface area contributed by atoms with Crippen LogP contribution in [-0.4, -0.2) is 19.5 Å². The molecule has 2 aromatic heterocycles. The molecule has 0 radical (unpaired) electrons. The van der Waals surface area contributed by atoms with E-state index in [2.05, 4.69) is 103 Å². The fourth-order valence-corrected chi connectivity index (χ4v) is 7.08. The van der Waals surface area contributed by atoms with Crippen molar-refractivity contribution in [1.29, 1.82) is 0 Å². The molecule has 0 spiro atoms. The number of hydrogen-bond acceptors (Lipinski definition) is 3. The summed E-state index contributed by atoms with van der Waals surface area (Å²) >= 11 is 0. The molecule has 0 unspecified atom stereocenters. The number of aromatic nitrogens is 4. The van der Waals surface area contributed by atoms with Crippen LogP contribution < -0.4 is 0 Å². The molecule has 1 aliphatic heterocycles. The second kappa shape index (κ2) is 10.1. The molecular weight excluding hydrogens is 560 g/mol. The molecule has 0 saturated carbocycles. The average Bonchev–Trinajstić information content (AvgIpc) is 3.46. The molecule has 6 aromatic carbocycles. The highest BCUT2D eigenvalue weighted by Gasteiger charge is 2.35. The van der Waals surface area contributed by atoms with Crippen molar-refractivity contribution < 1.29 is 0 Å². The monoisotopic (exact) mass is 590 g/mol. The van der Waals surface area contributed by atoms with Gasteiger partial charge in [-0.3, -0.25) is 0 Å². The van der Waals surface area contributed by atoms with Crippen molar-refractivity contribution in [3.05, 3.63) is 157 Å². The van der Waals surface area contributed by atoms with Crippen molar-refractivity contribution in [2.45, 2.75) is 19.3 Å². The van der Waals surface area contributed by atoms with Crippen molar-refractivity contribution >= 4 is 21.8 Å². The maximum Gasteiger partial charge on any atom is 0.164 e. The van der Waals surface area contributed by atoms with Gasteiger partial charge in [0.1, 0.15) is 0 Å². The molecule has 1 aliphatic rings. The van der Waals surface area contributed by atoms with Gasteiger partial charge in [0.05, 0.1) is 16.7 Å². The van der Waals surface area contributed by atoms with Crippen molar-refractivity contribution in [2.24, 2.45) is 0 Å². The Kier molecular flexibility index (Phi) is 5.81. The van der Waals surface area contributed by atoms with Crippen LogP contribution in [0, 0.1) is 0 Å². The van der Waals surface area contributed by atoms with Gasteiger partial charge in [0, 0.05) is 32.9 Å². The first kappa shape index (κ1) is 26.5. The molecule has 0 aliphatic carbocycles. The van der Waals surface area contributed by atoms with Gasteiger partial charge in [-0.15, -0.1) is 0 Å². The lowest BCUT2D eigenvalue weighted by atomic mass is 9.74. The highest BCUT2D eigenvalue weighted by molar-refractivity contribution is 6.12. The van der Waals surface area contributed by atoms with E-state index in [4.69, 9.17) is 15.0 Å². The van der Waals surface area contributed by atoms with E-state index in [0.29, 0.717) is 17.5 Å². The van der Waals surface area contributed by atoms with E-state index in [9.17, 15) is 0 Å². The summed E-state index contributed by atoms with van der Waals surface area (Å²) in [6.45, 7) is 4.70. The Labute approximate surface area is 267 Å². The number of nitrogens with zero attached hydrogens (tertiary/aromatic N) is 4. The first-order chi connectivity index (χ1) is 22.6. The van der Waals surface area contributed by atoms with Crippen LogP contribution in [-0.2, 0) is 5.41 Å². The highest BCUT2D eigenvalue weighted by Crippen LogP contribution is 2.48. The Morgan fingerprint density at radius 2 is 0.957 bits per heavy atom. The van der Waals surface area contributed by atoms with Gasteiger partial charge in [-0.2, -0.15) is 0 Å². The van der Waals surface area contributed by atoms with Crippen molar-refractivity contribution in [3.63, 3.8) is 0 Å². The third-order valence-electron chi connectivity index (χ3n) is 9.44. The molecule has 0 N–H and O–H groups in total. The quantitative estimate of drug-likeness (QED) is 0.205. The maximum atomic E-state index is 4.93. The van der Waals surface area contributed by atoms with Gasteiger partial charge < -0.3 is 4.57 Å². The Morgan fingerprint density at radius 3 is 1.61 bits per heavy atom. The average molecular weight is 591 g/mol. The first-order valence-corrected chi connectivity index (χ1v) is 15.7. The zero-order valence-electron chi connectivity index (χ0n) is 25.6. The predicted octanol–water partition coefficient (Wildman–Crippen LogP) is 10.3. The van der Waals surface area contributed by atoms with Gasteiger partial charge in [-0.05, 0) is 46.5 Å². The molecule has 0 bridgehead atoms. The molecule has 8 aromatic rings. The third kappa shape index (κ3) is 4.04. The van der Waals surface area contributed by atoms with E-state index in [1.54, 1.807) is 0 Å². The Bertz CT molecular complexity index is 2360. The van der Waals surface area contributed by atoms with E-state index in [1.165, 1.54) is 44.2 Å². The minimum Gasteiger partial charge on any atom is -0.309 e. The van der Waals surface area contributed by atoms with Gasteiger partial charge >= 0.3 is 0 Å². The van der Waals surface area contributed by atoms with Crippen LogP contribution in [0.4, 0.5) is 0 Å². The number of fused-ring (bicyclic) bond motifs is 5. The van der Waals surface area contributed by atoms with Gasteiger partial charge in [0.25, 0.3) is 0 Å². The molecule has 218 valence electrons. The summed E-state index contributed by atoms with van der Waals surface area (Å²) in [6.07, 6.45) is 0. The molecule has 4 heteroatoms. The molecule has 0 saturated heterocycles. The summed E-state index contributed by atoms with van der Waals surface area (Å²) in [6, 6.07) is 51.2. The lowest BCUT2D eigenvalue weighted by Crippen LogP contribution is -2.26. The fourth-order valence-electron chi connectivity index (χ4n) is 7.08. The number of hydrogen-bond donors (Lipinski definition) is 0. The van der Waals surface area contributed by atoms with Gasteiger partial charge in [-0.1, -0.05) is 135 Å². The van der Waals surface area contributed by atoms with Crippen LogP contribution in [0.5, 0.6) is 0 Å².